The minimum Gasteiger partial charge on any atom is -0.465 e. The highest BCUT2D eigenvalue weighted by molar-refractivity contribution is 7.99. The lowest BCUT2D eigenvalue weighted by Gasteiger charge is -2.08. The van der Waals surface area contributed by atoms with Crippen LogP contribution in [0, 0.1) is 6.92 Å². The zero-order valence-corrected chi connectivity index (χ0v) is 12.1. The molecule has 19 heavy (non-hydrogen) atoms. The fourth-order valence-electron chi connectivity index (χ4n) is 1.51. The number of nitrogens with one attached hydrogen (secondary N) is 1. The maximum absolute atomic E-state index is 11.4. The topological polar surface area (TPSA) is 71.5 Å². The largest absolute Gasteiger partial charge is 0.465 e. The molecule has 0 amide bonds. The normalized spacial score (nSPS) is 10.3. The molecule has 0 saturated carbocycles. The van der Waals surface area contributed by atoms with E-state index in [1.54, 1.807) is 30.8 Å². The van der Waals surface area contributed by atoms with Gasteiger partial charge in [-0.15, -0.1) is 0 Å². The van der Waals surface area contributed by atoms with Gasteiger partial charge < -0.3 is 15.2 Å². The number of pyridine rings is 1. The van der Waals surface area contributed by atoms with Crippen LogP contribution in [0.25, 0.3) is 0 Å². The van der Waals surface area contributed by atoms with E-state index in [1.807, 2.05) is 0 Å². The van der Waals surface area contributed by atoms with Crippen LogP contribution in [-0.2, 0) is 4.74 Å². The van der Waals surface area contributed by atoms with Gasteiger partial charge in [-0.3, -0.25) is 0 Å². The van der Waals surface area contributed by atoms with Crippen LogP contribution < -0.4 is 5.32 Å². The first kappa shape index (κ1) is 15.8. The molecule has 0 aliphatic heterocycles. The molecule has 0 aliphatic rings. The Kier molecular flexibility index (Phi) is 7.28. The van der Waals surface area contributed by atoms with E-state index < -0.39 is 0 Å². The number of anilines is 1. The Morgan fingerprint density at radius 2 is 2.26 bits per heavy atom. The van der Waals surface area contributed by atoms with Crippen LogP contribution in [-0.4, -0.2) is 47.8 Å². The molecule has 1 rings (SSSR count). The third-order valence-corrected chi connectivity index (χ3v) is 3.56. The number of nitrogens with zero attached hydrogens (tertiary/aromatic N) is 1. The average molecular weight is 284 g/mol. The summed E-state index contributed by atoms with van der Waals surface area (Å²) in [4.78, 5) is 15.7. The molecule has 0 aliphatic carbocycles. The number of ether oxygens (including phenoxy) is 1. The molecule has 1 aromatic heterocycles. The fraction of sp³-hybridized carbons (Fsp3) is 0.538. The third-order valence-electron chi connectivity index (χ3n) is 2.49. The number of aliphatic hydroxyl groups is 1. The summed E-state index contributed by atoms with van der Waals surface area (Å²) in [7, 11) is 1.36. The van der Waals surface area contributed by atoms with Crippen LogP contribution in [0.2, 0.25) is 0 Å². The number of carbonyl (C=O) groups is 1. The molecule has 0 aromatic carbocycles. The van der Waals surface area contributed by atoms with Crippen molar-refractivity contribution in [3.05, 3.63) is 23.4 Å². The highest BCUT2D eigenvalue weighted by Gasteiger charge is 2.10. The van der Waals surface area contributed by atoms with Gasteiger partial charge >= 0.3 is 5.97 Å². The minimum atomic E-state index is -0.365. The smallest absolute Gasteiger partial charge is 0.339 e. The standard InChI is InChI=1S/C13H20N2O3S/c1-10-11(13(17)18-2)4-5-12(15-10)14-6-9-19-8-3-7-16/h4-5,16H,3,6-9H2,1-2H3,(H,14,15). The number of aliphatic hydroxyl groups excluding tert-OH is 1. The summed E-state index contributed by atoms with van der Waals surface area (Å²) in [6.45, 7) is 2.84. The Morgan fingerprint density at radius 1 is 1.47 bits per heavy atom. The van der Waals surface area contributed by atoms with E-state index in [0.717, 1.165) is 30.3 Å². The molecule has 0 saturated heterocycles. The van der Waals surface area contributed by atoms with E-state index in [0.29, 0.717) is 11.3 Å². The number of thioether (sulfide) groups is 1. The lowest BCUT2D eigenvalue weighted by atomic mass is 10.2. The number of rotatable bonds is 8. The number of methoxy groups -OCH3 is 1. The van der Waals surface area contributed by atoms with E-state index in [2.05, 4.69) is 15.0 Å². The molecule has 106 valence electrons. The van der Waals surface area contributed by atoms with Crippen molar-refractivity contribution in [2.75, 3.05) is 37.1 Å². The van der Waals surface area contributed by atoms with Crippen molar-refractivity contribution in [3.8, 4) is 0 Å². The Hall–Kier alpha value is -1.27. The summed E-state index contributed by atoms with van der Waals surface area (Å²) < 4.78 is 4.67. The molecular formula is C13H20N2O3S. The van der Waals surface area contributed by atoms with E-state index >= 15 is 0 Å². The Labute approximate surface area is 117 Å². The number of carbonyl (C=O) groups excluding carboxylic acids is 1. The van der Waals surface area contributed by atoms with Gasteiger partial charge in [0.1, 0.15) is 5.82 Å². The van der Waals surface area contributed by atoms with E-state index in [1.165, 1.54) is 7.11 Å². The molecule has 0 bridgehead atoms. The molecule has 2 N–H and O–H groups in total. The molecule has 0 fully saturated rings. The van der Waals surface area contributed by atoms with Crippen molar-refractivity contribution >= 4 is 23.5 Å². The van der Waals surface area contributed by atoms with Gasteiger partial charge in [0.2, 0.25) is 0 Å². The lowest BCUT2D eigenvalue weighted by molar-refractivity contribution is 0.0599. The van der Waals surface area contributed by atoms with Crippen molar-refractivity contribution in [1.29, 1.82) is 0 Å². The quantitative estimate of drug-likeness (QED) is 0.559. The van der Waals surface area contributed by atoms with Gasteiger partial charge in [0.05, 0.1) is 18.4 Å². The van der Waals surface area contributed by atoms with E-state index in [4.69, 9.17) is 5.11 Å². The highest BCUT2D eigenvalue weighted by Crippen LogP contribution is 2.12. The number of hydrogen-bond acceptors (Lipinski definition) is 6. The highest BCUT2D eigenvalue weighted by atomic mass is 32.2. The second kappa shape index (κ2) is 8.77. The van der Waals surface area contributed by atoms with E-state index in [9.17, 15) is 4.79 Å². The zero-order valence-electron chi connectivity index (χ0n) is 11.3. The first-order valence-corrected chi connectivity index (χ1v) is 7.33. The Morgan fingerprint density at radius 3 is 2.89 bits per heavy atom. The predicted octanol–water partition coefficient (Wildman–Crippen LogP) is 1.70. The fourth-order valence-corrected chi connectivity index (χ4v) is 2.29. The first-order chi connectivity index (χ1) is 9.19. The van der Waals surface area contributed by atoms with Gasteiger partial charge in [0.25, 0.3) is 0 Å². The Bertz CT molecular complexity index is 413. The summed E-state index contributed by atoms with van der Waals surface area (Å²) in [6.07, 6.45) is 0.829. The van der Waals surface area contributed by atoms with Crippen molar-refractivity contribution in [2.24, 2.45) is 0 Å². The first-order valence-electron chi connectivity index (χ1n) is 6.17. The maximum atomic E-state index is 11.4. The van der Waals surface area contributed by atoms with Crippen LogP contribution in [0.15, 0.2) is 12.1 Å². The molecule has 0 atom stereocenters. The second-order valence-electron chi connectivity index (χ2n) is 3.94. The van der Waals surface area contributed by atoms with Crippen LogP contribution >= 0.6 is 11.8 Å². The monoisotopic (exact) mass is 284 g/mol. The van der Waals surface area contributed by atoms with Gasteiger partial charge in [0, 0.05) is 18.9 Å². The number of esters is 1. The zero-order chi connectivity index (χ0) is 14.1. The van der Waals surface area contributed by atoms with Crippen LogP contribution in [0.1, 0.15) is 22.5 Å². The van der Waals surface area contributed by atoms with Crippen molar-refractivity contribution in [2.45, 2.75) is 13.3 Å². The SMILES string of the molecule is COC(=O)c1ccc(NCCSCCCO)nc1C. The molecular weight excluding hydrogens is 264 g/mol. The third kappa shape index (κ3) is 5.48. The molecule has 1 heterocycles. The summed E-state index contributed by atoms with van der Waals surface area (Å²) in [6, 6.07) is 3.49. The van der Waals surface area contributed by atoms with Gasteiger partial charge in [-0.2, -0.15) is 11.8 Å². The summed E-state index contributed by atoms with van der Waals surface area (Å²) >= 11 is 1.79. The van der Waals surface area contributed by atoms with E-state index in [-0.39, 0.29) is 12.6 Å². The Balaban J connectivity index is 2.39. The maximum Gasteiger partial charge on any atom is 0.339 e. The molecule has 0 unspecified atom stereocenters. The van der Waals surface area contributed by atoms with Crippen molar-refractivity contribution in [1.82, 2.24) is 4.98 Å². The number of aryl methyl sites for hydroxylation is 1. The average Bonchev–Trinajstić information content (AvgIpc) is 2.42. The summed E-state index contributed by atoms with van der Waals surface area (Å²) in [5.74, 6) is 2.31. The summed E-state index contributed by atoms with van der Waals surface area (Å²) in [5.41, 5.74) is 1.15. The van der Waals surface area contributed by atoms with Gasteiger partial charge in [-0.25, -0.2) is 9.78 Å². The number of hydrogen-bond donors (Lipinski definition) is 2. The molecule has 0 spiro atoms. The minimum absolute atomic E-state index is 0.246. The lowest BCUT2D eigenvalue weighted by Crippen LogP contribution is -2.10. The van der Waals surface area contributed by atoms with Crippen molar-refractivity contribution in [3.63, 3.8) is 0 Å². The number of aromatic nitrogens is 1. The molecule has 5 nitrogen and oxygen atoms in total. The molecule has 6 heteroatoms. The second-order valence-corrected chi connectivity index (χ2v) is 5.16. The van der Waals surface area contributed by atoms with Gasteiger partial charge in [-0.05, 0) is 31.2 Å². The molecule has 0 radical (unpaired) electrons. The summed E-state index contributed by atoms with van der Waals surface area (Å²) in [5, 5.41) is 11.8. The van der Waals surface area contributed by atoms with Crippen LogP contribution in [0.4, 0.5) is 5.82 Å². The molecule has 1 aromatic rings. The van der Waals surface area contributed by atoms with Crippen molar-refractivity contribution < 1.29 is 14.6 Å². The predicted molar refractivity (Wildman–Crippen MR) is 77.8 cm³/mol. The van der Waals surface area contributed by atoms with Gasteiger partial charge in [-0.1, -0.05) is 0 Å². The van der Waals surface area contributed by atoms with Gasteiger partial charge in [0.15, 0.2) is 0 Å². The van der Waals surface area contributed by atoms with Crippen LogP contribution in [0.5, 0.6) is 0 Å². The van der Waals surface area contributed by atoms with Crippen LogP contribution in [0.3, 0.4) is 0 Å².